The molecule has 2 heterocycles. The van der Waals surface area contributed by atoms with Gasteiger partial charge in [0.25, 0.3) is 0 Å². The molecular formula is C15H16ClN5O. The molecule has 0 spiro atoms. The third-order valence-electron chi connectivity index (χ3n) is 3.65. The zero-order valence-electron chi connectivity index (χ0n) is 12.1. The predicted octanol–water partition coefficient (Wildman–Crippen LogP) is 2.17. The first-order valence-corrected chi connectivity index (χ1v) is 7.39. The smallest absolute Gasteiger partial charge is 0.246 e. The number of halogens is 1. The molecule has 2 aromatic rings. The molecule has 0 saturated carbocycles. The number of hydrogen-bond donors (Lipinski definition) is 2. The first kappa shape index (κ1) is 14.6. The van der Waals surface area contributed by atoms with Crippen molar-refractivity contribution < 1.29 is 4.79 Å². The first-order chi connectivity index (χ1) is 10.7. The normalized spacial score (nSPS) is 12.9. The summed E-state index contributed by atoms with van der Waals surface area (Å²) in [7, 11) is 1.73. The Hall–Kier alpha value is -2.34. The zero-order chi connectivity index (χ0) is 15.5. The Kier molecular flexibility index (Phi) is 4.11. The second-order valence-electron chi connectivity index (χ2n) is 4.92. The van der Waals surface area contributed by atoms with Gasteiger partial charge in [0.05, 0.1) is 6.54 Å². The van der Waals surface area contributed by atoms with Crippen LogP contribution in [-0.2, 0) is 11.2 Å². The number of amides is 1. The molecule has 22 heavy (non-hydrogen) atoms. The standard InChI is InChI=1S/C15H16ClN5O/c1-17-13-14(16)19-9-20-15(13)18-8-12(22)21-7-6-10-4-2-3-5-11(10)21/h2-5,9,17H,6-8H2,1H3,(H,18,19,20). The van der Waals surface area contributed by atoms with E-state index in [4.69, 9.17) is 11.6 Å². The summed E-state index contributed by atoms with van der Waals surface area (Å²) in [6, 6.07) is 7.97. The van der Waals surface area contributed by atoms with Crippen molar-refractivity contribution in [3.05, 3.63) is 41.3 Å². The van der Waals surface area contributed by atoms with E-state index in [1.807, 2.05) is 18.2 Å². The van der Waals surface area contributed by atoms with Crippen LogP contribution in [0.1, 0.15) is 5.56 Å². The highest BCUT2D eigenvalue weighted by molar-refractivity contribution is 6.32. The number of carbonyl (C=O) groups excluding carboxylic acids is 1. The van der Waals surface area contributed by atoms with Crippen LogP contribution in [0.3, 0.4) is 0 Å². The van der Waals surface area contributed by atoms with Crippen LogP contribution >= 0.6 is 11.6 Å². The molecule has 1 aromatic carbocycles. The highest BCUT2D eigenvalue weighted by atomic mass is 35.5. The molecule has 114 valence electrons. The minimum Gasteiger partial charge on any atom is -0.383 e. The van der Waals surface area contributed by atoms with Crippen LogP contribution in [0.2, 0.25) is 5.15 Å². The summed E-state index contributed by atoms with van der Waals surface area (Å²) in [5.41, 5.74) is 2.78. The maximum atomic E-state index is 12.4. The van der Waals surface area contributed by atoms with Gasteiger partial charge in [-0.1, -0.05) is 29.8 Å². The van der Waals surface area contributed by atoms with Crippen LogP contribution in [0.25, 0.3) is 0 Å². The minimum atomic E-state index is 0.00161. The maximum Gasteiger partial charge on any atom is 0.246 e. The number of carbonyl (C=O) groups is 1. The Bertz CT molecular complexity index is 706. The number of benzene rings is 1. The summed E-state index contributed by atoms with van der Waals surface area (Å²) < 4.78 is 0. The van der Waals surface area contributed by atoms with Crippen LogP contribution in [-0.4, -0.2) is 36.0 Å². The van der Waals surface area contributed by atoms with Crippen molar-refractivity contribution in [3.63, 3.8) is 0 Å². The van der Waals surface area contributed by atoms with E-state index >= 15 is 0 Å². The van der Waals surface area contributed by atoms with Crippen molar-refractivity contribution in [1.82, 2.24) is 9.97 Å². The van der Waals surface area contributed by atoms with Crippen LogP contribution in [0.5, 0.6) is 0 Å². The molecule has 6 nitrogen and oxygen atoms in total. The molecule has 2 N–H and O–H groups in total. The largest absolute Gasteiger partial charge is 0.383 e. The second-order valence-corrected chi connectivity index (χ2v) is 5.27. The number of nitrogens with zero attached hydrogens (tertiary/aromatic N) is 3. The number of nitrogens with one attached hydrogen (secondary N) is 2. The molecule has 1 amide bonds. The lowest BCUT2D eigenvalue weighted by atomic mass is 10.2. The lowest BCUT2D eigenvalue weighted by Gasteiger charge is -2.18. The fourth-order valence-electron chi connectivity index (χ4n) is 2.57. The van der Waals surface area contributed by atoms with Gasteiger partial charge in [0.2, 0.25) is 5.91 Å². The second kappa shape index (κ2) is 6.19. The van der Waals surface area contributed by atoms with E-state index in [0.717, 1.165) is 12.1 Å². The summed E-state index contributed by atoms with van der Waals surface area (Å²) in [5, 5.41) is 6.27. The molecule has 0 bridgehead atoms. The van der Waals surface area contributed by atoms with Crippen molar-refractivity contribution in [3.8, 4) is 0 Å². The summed E-state index contributed by atoms with van der Waals surface area (Å²) >= 11 is 5.99. The van der Waals surface area contributed by atoms with E-state index in [2.05, 4.69) is 26.7 Å². The molecule has 3 rings (SSSR count). The van der Waals surface area contributed by atoms with Gasteiger partial charge < -0.3 is 15.5 Å². The van der Waals surface area contributed by atoms with Gasteiger partial charge in [0.1, 0.15) is 12.0 Å². The fraction of sp³-hybridized carbons (Fsp3) is 0.267. The van der Waals surface area contributed by atoms with Crippen molar-refractivity contribution in [1.29, 1.82) is 0 Å². The average Bonchev–Trinajstić information content (AvgIpc) is 2.96. The van der Waals surface area contributed by atoms with E-state index in [1.54, 1.807) is 11.9 Å². The number of para-hydroxylation sites is 1. The van der Waals surface area contributed by atoms with E-state index in [1.165, 1.54) is 11.9 Å². The van der Waals surface area contributed by atoms with Gasteiger partial charge in [-0.3, -0.25) is 4.79 Å². The van der Waals surface area contributed by atoms with Gasteiger partial charge in [-0.2, -0.15) is 0 Å². The zero-order valence-corrected chi connectivity index (χ0v) is 12.9. The lowest BCUT2D eigenvalue weighted by Crippen LogP contribution is -2.34. The van der Waals surface area contributed by atoms with Crippen LogP contribution < -0.4 is 15.5 Å². The van der Waals surface area contributed by atoms with E-state index < -0.39 is 0 Å². The van der Waals surface area contributed by atoms with Gasteiger partial charge in [0, 0.05) is 19.3 Å². The van der Waals surface area contributed by atoms with Gasteiger partial charge in [-0.15, -0.1) is 0 Å². The number of rotatable bonds is 4. The molecule has 0 unspecified atom stereocenters. The van der Waals surface area contributed by atoms with Crippen molar-refractivity contribution in [2.24, 2.45) is 0 Å². The summed E-state index contributed by atoms with van der Waals surface area (Å²) in [4.78, 5) is 22.2. The van der Waals surface area contributed by atoms with Crippen molar-refractivity contribution >= 4 is 34.7 Å². The molecule has 0 fully saturated rings. The SMILES string of the molecule is CNc1c(Cl)ncnc1NCC(=O)N1CCc2ccccc21. The number of anilines is 3. The van der Waals surface area contributed by atoms with Gasteiger partial charge >= 0.3 is 0 Å². The van der Waals surface area contributed by atoms with Crippen molar-refractivity contribution in [2.45, 2.75) is 6.42 Å². The molecule has 1 aliphatic rings. The van der Waals surface area contributed by atoms with Gasteiger partial charge in [-0.05, 0) is 18.1 Å². The molecule has 1 aromatic heterocycles. The number of hydrogen-bond acceptors (Lipinski definition) is 5. The van der Waals surface area contributed by atoms with Crippen molar-refractivity contribution in [2.75, 3.05) is 35.7 Å². The molecule has 0 atom stereocenters. The molecule has 0 radical (unpaired) electrons. The average molecular weight is 318 g/mol. The summed E-state index contributed by atoms with van der Waals surface area (Å²) in [5.74, 6) is 0.519. The van der Waals surface area contributed by atoms with Crippen LogP contribution in [0.15, 0.2) is 30.6 Å². The first-order valence-electron chi connectivity index (χ1n) is 7.01. The van der Waals surface area contributed by atoms with Crippen LogP contribution in [0, 0.1) is 0 Å². The molecule has 7 heteroatoms. The van der Waals surface area contributed by atoms with Gasteiger partial charge in [-0.25, -0.2) is 9.97 Å². The maximum absolute atomic E-state index is 12.4. The highest BCUT2D eigenvalue weighted by Gasteiger charge is 2.24. The van der Waals surface area contributed by atoms with Gasteiger partial charge in [0.15, 0.2) is 11.0 Å². The predicted molar refractivity (Wildman–Crippen MR) is 87.6 cm³/mol. The minimum absolute atomic E-state index is 0.00161. The third kappa shape index (κ3) is 2.69. The van der Waals surface area contributed by atoms with E-state index in [-0.39, 0.29) is 12.5 Å². The topological polar surface area (TPSA) is 70.1 Å². The van der Waals surface area contributed by atoms with E-state index in [0.29, 0.717) is 23.2 Å². The number of aromatic nitrogens is 2. The third-order valence-corrected chi connectivity index (χ3v) is 3.93. The molecule has 0 aliphatic carbocycles. The summed E-state index contributed by atoms with van der Waals surface area (Å²) in [6.45, 7) is 0.861. The quantitative estimate of drug-likeness (QED) is 0.846. The Morgan fingerprint density at radius 3 is 3.00 bits per heavy atom. The Labute approximate surface area is 133 Å². The molecular weight excluding hydrogens is 302 g/mol. The molecule has 0 saturated heterocycles. The highest BCUT2D eigenvalue weighted by Crippen LogP contribution is 2.28. The Morgan fingerprint density at radius 1 is 1.36 bits per heavy atom. The Balaban J connectivity index is 1.71. The lowest BCUT2D eigenvalue weighted by molar-refractivity contribution is -0.116. The Morgan fingerprint density at radius 2 is 2.18 bits per heavy atom. The van der Waals surface area contributed by atoms with E-state index in [9.17, 15) is 4.79 Å². The molecule has 1 aliphatic heterocycles. The monoisotopic (exact) mass is 317 g/mol. The fourth-order valence-corrected chi connectivity index (χ4v) is 2.80. The van der Waals surface area contributed by atoms with Crippen LogP contribution in [0.4, 0.5) is 17.2 Å². The summed E-state index contributed by atoms with van der Waals surface area (Å²) in [6.07, 6.45) is 2.25. The number of fused-ring (bicyclic) bond motifs is 1.